The first-order chi connectivity index (χ1) is 8.81. The third-order valence-corrected chi connectivity index (χ3v) is 3.80. The van der Waals surface area contributed by atoms with Crippen LogP contribution in [0.5, 0.6) is 5.75 Å². The summed E-state index contributed by atoms with van der Waals surface area (Å²) in [7, 11) is 0. The fourth-order valence-electron chi connectivity index (χ4n) is 2.32. The summed E-state index contributed by atoms with van der Waals surface area (Å²) < 4.78 is 5.45. The molecule has 3 heteroatoms. The molecule has 1 heterocycles. The normalized spacial score (nSPS) is 16.2. The van der Waals surface area contributed by atoms with Gasteiger partial charge in [-0.2, -0.15) is 0 Å². The number of thiocarbonyl (C=S) groups is 1. The first-order valence-electron chi connectivity index (χ1n) is 6.83. The highest BCUT2D eigenvalue weighted by atomic mass is 32.1. The molecular formula is C15H21NOS. The Kier molecular flexibility index (Phi) is 5.00. The SMILES string of the molecule is CCOc1ccc(C(=S)N2CCCCCC2)cc1. The van der Waals surface area contributed by atoms with Crippen LogP contribution in [-0.2, 0) is 0 Å². The molecule has 0 bridgehead atoms. The molecule has 18 heavy (non-hydrogen) atoms. The van der Waals surface area contributed by atoms with E-state index < -0.39 is 0 Å². The predicted molar refractivity (Wildman–Crippen MR) is 79.4 cm³/mol. The Morgan fingerprint density at radius 2 is 1.72 bits per heavy atom. The number of benzene rings is 1. The highest BCUT2D eigenvalue weighted by Gasteiger charge is 2.13. The van der Waals surface area contributed by atoms with E-state index in [-0.39, 0.29) is 0 Å². The molecule has 0 aliphatic carbocycles. The van der Waals surface area contributed by atoms with Gasteiger partial charge in [0.25, 0.3) is 0 Å². The van der Waals surface area contributed by atoms with Crippen molar-refractivity contribution in [3.05, 3.63) is 29.8 Å². The summed E-state index contributed by atoms with van der Waals surface area (Å²) in [6.45, 7) is 4.91. The van der Waals surface area contributed by atoms with Crippen molar-refractivity contribution in [3.8, 4) is 5.75 Å². The molecule has 0 radical (unpaired) electrons. The van der Waals surface area contributed by atoms with E-state index >= 15 is 0 Å². The van der Waals surface area contributed by atoms with E-state index in [0.29, 0.717) is 6.61 Å². The smallest absolute Gasteiger partial charge is 0.119 e. The molecule has 0 amide bonds. The van der Waals surface area contributed by atoms with Gasteiger partial charge in [-0.15, -0.1) is 0 Å². The van der Waals surface area contributed by atoms with Gasteiger partial charge in [-0.25, -0.2) is 0 Å². The molecule has 0 N–H and O–H groups in total. The molecule has 2 rings (SSSR count). The van der Waals surface area contributed by atoms with Crippen LogP contribution in [0.4, 0.5) is 0 Å². The number of hydrogen-bond donors (Lipinski definition) is 0. The Labute approximate surface area is 115 Å². The molecule has 1 aliphatic heterocycles. The maximum absolute atomic E-state index is 5.59. The van der Waals surface area contributed by atoms with Crippen LogP contribution in [0.2, 0.25) is 0 Å². The molecule has 98 valence electrons. The minimum atomic E-state index is 0.704. The van der Waals surface area contributed by atoms with E-state index in [0.717, 1.165) is 29.4 Å². The molecule has 1 saturated heterocycles. The summed E-state index contributed by atoms with van der Waals surface area (Å²) in [4.78, 5) is 3.33. The fraction of sp³-hybridized carbons (Fsp3) is 0.533. The van der Waals surface area contributed by atoms with Crippen molar-refractivity contribution in [1.29, 1.82) is 0 Å². The minimum absolute atomic E-state index is 0.704. The zero-order valence-electron chi connectivity index (χ0n) is 11.0. The molecule has 1 aromatic carbocycles. The Morgan fingerprint density at radius 3 is 2.28 bits per heavy atom. The average Bonchev–Trinajstić information content (AvgIpc) is 2.68. The Balaban J connectivity index is 2.02. The Bertz CT molecular complexity index is 380. The molecule has 1 aliphatic rings. The number of rotatable bonds is 3. The highest BCUT2D eigenvalue weighted by molar-refractivity contribution is 7.80. The molecule has 0 unspecified atom stereocenters. The lowest BCUT2D eigenvalue weighted by Crippen LogP contribution is -2.30. The van der Waals surface area contributed by atoms with Crippen molar-refractivity contribution < 1.29 is 4.74 Å². The van der Waals surface area contributed by atoms with Gasteiger partial charge in [-0.3, -0.25) is 0 Å². The third-order valence-electron chi connectivity index (χ3n) is 3.31. The minimum Gasteiger partial charge on any atom is -0.494 e. The van der Waals surface area contributed by atoms with Crippen LogP contribution >= 0.6 is 12.2 Å². The van der Waals surface area contributed by atoms with Gasteiger partial charge in [-0.05, 0) is 44.0 Å². The zero-order chi connectivity index (χ0) is 12.8. The van der Waals surface area contributed by atoms with Crippen molar-refractivity contribution in [3.63, 3.8) is 0 Å². The predicted octanol–water partition coefficient (Wildman–Crippen LogP) is 3.64. The summed E-state index contributed by atoms with van der Waals surface area (Å²) >= 11 is 5.59. The van der Waals surface area contributed by atoms with Gasteiger partial charge in [0, 0.05) is 18.7 Å². The topological polar surface area (TPSA) is 12.5 Å². The second kappa shape index (κ2) is 6.74. The Morgan fingerprint density at radius 1 is 1.11 bits per heavy atom. The summed E-state index contributed by atoms with van der Waals surface area (Å²) in [5.74, 6) is 0.917. The van der Waals surface area contributed by atoms with Crippen molar-refractivity contribution >= 4 is 17.2 Å². The molecule has 1 aromatic rings. The van der Waals surface area contributed by atoms with Crippen molar-refractivity contribution in [1.82, 2.24) is 4.90 Å². The van der Waals surface area contributed by atoms with Crippen LogP contribution in [0.15, 0.2) is 24.3 Å². The lowest BCUT2D eigenvalue weighted by molar-refractivity contribution is 0.340. The molecule has 2 nitrogen and oxygen atoms in total. The van der Waals surface area contributed by atoms with Crippen molar-refractivity contribution in [2.75, 3.05) is 19.7 Å². The van der Waals surface area contributed by atoms with Crippen LogP contribution < -0.4 is 4.74 Å². The number of ether oxygens (including phenoxy) is 1. The van der Waals surface area contributed by atoms with Gasteiger partial charge in [0.15, 0.2) is 0 Å². The Hall–Kier alpha value is -1.09. The van der Waals surface area contributed by atoms with Crippen molar-refractivity contribution in [2.45, 2.75) is 32.6 Å². The molecule has 1 fully saturated rings. The summed E-state index contributed by atoms with van der Waals surface area (Å²) in [5, 5.41) is 0. The van der Waals surface area contributed by atoms with Crippen LogP contribution in [-0.4, -0.2) is 29.6 Å². The van der Waals surface area contributed by atoms with Gasteiger partial charge >= 0.3 is 0 Å². The third kappa shape index (κ3) is 3.45. The van der Waals surface area contributed by atoms with Crippen molar-refractivity contribution in [2.24, 2.45) is 0 Å². The van der Waals surface area contributed by atoms with E-state index in [9.17, 15) is 0 Å². The maximum Gasteiger partial charge on any atom is 0.119 e. The molecule has 0 aromatic heterocycles. The first kappa shape index (κ1) is 13.3. The lowest BCUT2D eigenvalue weighted by Gasteiger charge is -2.23. The van der Waals surface area contributed by atoms with Gasteiger partial charge in [-0.1, -0.05) is 25.1 Å². The zero-order valence-corrected chi connectivity index (χ0v) is 11.8. The monoisotopic (exact) mass is 263 g/mol. The van der Waals surface area contributed by atoms with E-state index in [1.807, 2.05) is 19.1 Å². The molecule has 0 saturated carbocycles. The largest absolute Gasteiger partial charge is 0.494 e. The second-order valence-corrected chi connectivity index (χ2v) is 5.05. The van der Waals surface area contributed by atoms with Crippen LogP contribution in [0, 0.1) is 0 Å². The highest BCUT2D eigenvalue weighted by Crippen LogP contribution is 2.17. The lowest BCUT2D eigenvalue weighted by atomic mass is 10.2. The van der Waals surface area contributed by atoms with Crippen LogP contribution in [0.25, 0.3) is 0 Å². The quantitative estimate of drug-likeness (QED) is 0.773. The first-order valence-corrected chi connectivity index (χ1v) is 7.24. The van der Waals surface area contributed by atoms with Crippen LogP contribution in [0.1, 0.15) is 38.2 Å². The van der Waals surface area contributed by atoms with Gasteiger partial charge < -0.3 is 9.64 Å². The van der Waals surface area contributed by atoms with Crippen LogP contribution in [0.3, 0.4) is 0 Å². The van der Waals surface area contributed by atoms with Gasteiger partial charge in [0.1, 0.15) is 10.7 Å². The summed E-state index contributed by atoms with van der Waals surface area (Å²) in [5.41, 5.74) is 1.13. The average molecular weight is 263 g/mol. The molecular weight excluding hydrogens is 242 g/mol. The van der Waals surface area contributed by atoms with Gasteiger partial charge in [0.05, 0.1) is 6.61 Å². The molecule has 0 spiro atoms. The summed E-state index contributed by atoms with van der Waals surface area (Å²) in [6, 6.07) is 8.14. The van der Waals surface area contributed by atoms with E-state index in [2.05, 4.69) is 17.0 Å². The number of likely N-dealkylation sites (tertiary alicyclic amines) is 1. The maximum atomic E-state index is 5.59. The standard InChI is InChI=1S/C15H21NOS/c1-2-17-14-9-7-13(8-10-14)15(18)16-11-5-3-4-6-12-16/h7-10H,2-6,11-12H2,1H3. The molecule has 0 atom stereocenters. The van der Waals surface area contributed by atoms with Gasteiger partial charge in [0.2, 0.25) is 0 Å². The van der Waals surface area contributed by atoms with E-state index in [1.165, 1.54) is 25.7 Å². The van der Waals surface area contributed by atoms with E-state index in [4.69, 9.17) is 17.0 Å². The van der Waals surface area contributed by atoms with E-state index in [1.54, 1.807) is 0 Å². The fourth-order valence-corrected chi connectivity index (χ4v) is 2.64. The summed E-state index contributed by atoms with van der Waals surface area (Å²) in [6.07, 6.45) is 5.19. The number of nitrogens with zero attached hydrogens (tertiary/aromatic N) is 1. The second-order valence-electron chi connectivity index (χ2n) is 4.66. The number of hydrogen-bond acceptors (Lipinski definition) is 2.